The van der Waals surface area contributed by atoms with Crippen LogP contribution >= 0.6 is 0 Å². The summed E-state index contributed by atoms with van der Waals surface area (Å²) in [6, 6.07) is 3.75. The van der Waals surface area contributed by atoms with Gasteiger partial charge in [-0.25, -0.2) is 9.97 Å². The zero-order chi connectivity index (χ0) is 11.5. The van der Waals surface area contributed by atoms with Crippen LogP contribution in [-0.2, 0) is 0 Å². The molecule has 0 amide bonds. The topological polar surface area (TPSA) is 47.9 Å². The van der Waals surface area contributed by atoms with Crippen LogP contribution in [0.25, 0.3) is 11.3 Å². The summed E-state index contributed by atoms with van der Waals surface area (Å²) in [7, 11) is 1.60. The van der Waals surface area contributed by atoms with E-state index in [2.05, 4.69) is 15.0 Å². The summed E-state index contributed by atoms with van der Waals surface area (Å²) in [5, 5.41) is 0. The molecule has 16 heavy (non-hydrogen) atoms. The lowest BCUT2D eigenvalue weighted by molar-refractivity contribution is 0.398. The summed E-state index contributed by atoms with van der Waals surface area (Å²) in [6.07, 6.45) is 3.51. The number of ether oxygens (including phenoxy) is 1. The van der Waals surface area contributed by atoms with Gasteiger partial charge >= 0.3 is 0 Å². The Morgan fingerprint density at radius 3 is 2.50 bits per heavy atom. The average Bonchev–Trinajstić information content (AvgIpc) is 2.32. The number of aryl methyl sites for hydroxylation is 2. The molecule has 0 aliphatic heterocycles. The average molecular weight is 215 g/mol. The lowest BCUT2D eigenvalue weighted by atomic mass is 10.1. The molecule has 2 rings (SSSR count). The van der Waals surface area contributed by atoms with E-state index in [1.54, 1.807) is 19.5 Å². The number of aromatic nitrogens is 3. The molecule has 0 spiro atoms. The van der Waals surface area contributed by atoms with Gasteiger partial charge in [-0.3, -0.25) is 4.98 Å². The highest BCUT2D eigenvalue weighted by Crippen LogP contribution is 2.20. The minimum absolute atomic E-state index is 0.599. The molecular weight excluding hydrogens is 202 g/mol. The molecule has 4 nitrogen and oxygen atoms in total. The molecule has 0 atom stereocenters. The second-order valence-electron chi connectivity index (χ2n) is 3.53. The standard InChI is InChI=1S/C12H13N3O/c1-8-6-13-9(2)12(15-8)10-4-5-11(16-3)14-7-10/h4-7H,1-3H3. The fourth-order valence-electron chi connectivity index (χ4n) is 1.45. The monoisotopic (exact) mass is 215 g/mol. The van der Waals surface area contributed by atoms with Gasteiger partial charge in [0.1, 0.15) is 0 Å². The van der Waals surface area contributed by atoms with Crippen molar-refractivity contribution in [1.82, 2.24) is 15.0 Å². The lowest BCUT2D eigenvalue weighted by Crippen LogP contribution is -1.95. The molecule has 82 valence electrons. The van der Waals surface area contributed by atoms with E-state index in [0.717, 1.165) is 22.6 Å². The van der Waals surface area contributed by atoms with Crippen molar-refractivity contribution in [3.8, 4) is 17.1 Å². The molecule has 0 saturated carbocycles. The van der Waals surface area contributed by atoms with Gasteiger partial charge < -0.3 is 4.74 Å². The van der Waals surface area contributed by atoms with Gasteiger partial charge in [0, 0.05) is 24.0 Å². The van der Waals surface area contributed by atoms with Crippen molar-refractivity contribution >= 4 is 0 Å². The van der Waals surface area contributed by atoms with E-state index in [0.29, 0.717) is 5.88 Å². The normalized spacial score (nSPS) is 10.2. The molecule has 4 heteroatoms. The van der Waals surface area contributed by atoms with E-state index in [-0.39, 0.29) is 0 Å². The third kappa shape index (κ3) is 2.00. The van der Waals surface area contributed by atoms with Crippen LogP contribution in [0.2, 0.25) is 0 Å². The van der Waals surface area contributed by atoms with Crippen molar-refractivity contribution in [3.05, 3.63) is 35.9 Å². The van der Waals surface area contributed by atoms with Gasteiger partial charge in [-0.15, -0.1) is 0 Å². The van der Waals surface area contributed by atoms with E-state index in [4.69, 9.17) is 4.74 Å². The van der Waals surface area contributed by atoms with Gasteiger partial charge in [-0.1, -0.05) is 0 Å². The van der Waals surface area contributed by atoms with E-state index >= 15 is 0 Å². The van der Waals surface area contributed by atoms with E-state index in [1.807, 2.05) is 26.0 Å². The minimum atomic E-state index is 0.599. The van der Waals surface area contributed by atoms with Crippen molar-refractivity contribution in [2.45, 2.75) is 13.8 Å². The lowest BCUT2D eigenvalue weighted by Gasteiger charge is -2.05. The summed E-state index contributed by atoms with van der Waals surface area (Å²) < 4.78 is 5.01. The van der Waals surface area contributed by atoms with Gasteiger partial charge in [-0.2, -0.15) is 0 Å². The Morgan fingerprint density at radius 2 is 1.88 bits per heavy atom. The van der Waals surface area contributed by atoms with Gasteiger partial charge in [0.15, 0.2) is 0 Å². The minimum Gasteiger partial charge on any atom is -0.481 e. The molecule has 0 fully saturated rings. The number of rotatable bonds is 2. The Bertz CT molecular complexity index is 494. The Hall–Kier alpha value is -1.97. The highest BCUT2D eigenvalue weighted by Gasteiger charge is 2.05. The Labute approximate surface area is 94.4 Å². The summed E-state index contributed by atoms with van der Waals surface area (Å²) >= 11 is 0. The first-order valence-corrected chi connectivity index (χ1v) is 5.01. The molecule has 2 aromatic rings. The smallest absolute Gasteiger partial charge is 0.212 e. The molecule has 2 aromatic heterocycles. The molecule has 0 N–H and O–H groups in total. The van der Waals surface area contributed by atoms with Crippen LogP contribution in [0.5, 0.6) is 5.88 Å². The molecule has 0 aliphatic rings. The van der Waals surface area contributed by atoms with Crippen LogP contribution < -0.4 is 4.74 Å². The first-order chi connectivity index (χ1) is 7.70. The number of nitrogens with zero attached hydrogens (tertiary/aromatic N) is 3. The van der Waals surface area contributed by atoms with Gasteiger partial charge in [-0.05, 0) is 19.9 Å². The van der Waals surface area contributed by atoms with Crippen molar-refractivity contribution < 1.29 is 4.74 Å². The molecule has 0 aliphatic carbocycles. The number of hydrogen-bond acceptors (Lipinski definition) is 4. The predicted molar refractivity (Wildman–Crippen MR) is 61.3 cm³/mol. The Balaban J connectivity index is 2.45. The maximum absolute atomic E-state index is 5.01. The number of hydrogen-bond donors (Lipinski definition) is 0. The van der Waals surface area contributed by atoms with Gasteiger partial charge in [0.2, 0.25) is 5.88 Å². The molecule has 0 aromatic carbocycles. The predicted octanol–water partition coefficient (Wildman–Crippen LogP) is 2.16. The summed E-state index contributed by atoms with van der Waals surface area (Å²) in [4.78, 5) is 12.9. The maximum atomic E-state index is 5.01. The van der Waals surface area contributed by atoms with Crippen LogP contribution in [0.3, 0.4) is 0 Å². The summed E-state index contributed by atoms with van der Waals surface area (Å²) in [5.74, 6) is 0.599. The maximum Gasteiger partial charge on any atom is 0.212 e. The first-order valence-electron chi connectivity index (χ1n) is 5.01. The highest BCUT2D eigenvalue weighted by atomic mass is 16.5. The Morgan fingerprint density at radius 1 is 1.06 bits per heavy atom. The SMILES string of the molecule is COc1ccc(-c2nc(C)cnc2C)cn1. The third-order valence-electron chi connectivity index (χ3n) is 2.29. The number of pyridine rings is 1. The number of methoxy groups -OCH3 is 1. The fraction of sp³-hybridized carbons (Fsp3) is 0.250. The van der Waals surface area contributed by atoms with Crippen LogP contribution in [0.4, 0.5) is 0 Å². The van der Waals surface area contributed by atoms with Crippen LogP contribution in [0.15, 0.2) is 24.5 Å². The van der Waals surface area contributed by atoms with E-state index < -0.39 is 0 Å². The fourth-order valence-corrected chi connectivity index (χ4v) is 1.45. The quantitative estimate of drug-likeness (QED) is 0.770. The zero-order valence-corrected chi connectivity index (χ0v) is 9.56. The third-order valence-corrected chi connectivity index (χ3v) is 2.29. The second-order valence-corrected chi connectivity index (χ2v) is 3.53. The van der Waals surface area contributed by atoms with Crippen LogP contribution in [0.1, 0.15) is 11.4 Å². The molecule has 0 saturated heterocycles. The van der Waals surface area contributed by atoms with Gasteiger partial charge in [0.25, 0.3) is 0 Å². The highest BCUT2D eigenvalue weighted by molar-refractivity contribution is 5.60. The molecule has 0 radical (unpaired) electrons. The van der Waals surface area contributed by atoms with E-state index in [9.17, 15) is 0 Å². The molecular formula is C12H13N3O. The van der Waals surface area contributed by atoms with E-state index in [1.165, 1.54) is 0 Å². The van der Waals surface area contributed by atoms with Crippen molar-refractivity contribution in [2.75, 3.05) is 7.11 Å². The molecule has 2 heterocycles. The Kier molecular flexibility index (Phi) is 2.81. The molecule has 0 unspecified atom stereocenters. The summed E-state index contributed by atoms with van der Waals surface area (Å²) in [5.41, 5.74) is 3.62. The van der Waals surface area contributed by atoms with Crippen molar-refractivity contribution in [2.24, 2.45) is 0 Å². The second kappa shape index (κ2) is 4.26. The van der Waals surface area contributed by atoms with Crippen molar-refractivity contribution in [1.29, 1.82) is 0 Å². The summed E-state index contributed by atoms with van der Waals surface area (Å²) in [6.45, 7) is 3.86. The molecule has 0 bridgehead atoms. The first kappa shape index (κ1) is 10.5. The van der Waals surface area contributed by atoms with Crippen LogP contribution in [-0.4, -0.2) is 22.1 Å². The zero-order valence-electron chi connectivity index (χ0n) is 9.56. The van der Waals surface area contributed by atoms with Crippen LogP contribution in [0, 0.1) is 13.8 Å². The van der Waals surface area contributed by atoms with Gasteiger partial charge in [0.05, 0.1) is 24.2 Å². The van der Waals surface area contributed by atoms with Crippen molar-refractivity contribution in [3.63, 3.8) is 0 Å². The largest absolute Gasteiger partial charge is 0.481 e.